The summed E-state index contributed by atoms with van der Waals surface area (Å²) in [6.07, 6.45) is 16.0. The van der Waals surface area contributed by atoms with Crippen LogP contribution in [-0.2, 0) is 17.6 Å². The van der Waals surface area contributed by atoms with Gasteiger partial charge >= 0.3 is 0 Å². The highest BCUT2D eigenvalue weighted by Crippen LogP contribution is 2.48. The first-order chi connectivity index (χ1) is 21.4. The first kappa shape index (κ1) is 31.0. The molecule has 0 unspecified atom stereocenters. The molecule has 44 heavy (non-hydrogen) atoms. The number of amides is 1. The van der Waals surface area contributed by atoms with Crippen molar-refractivity contribution in [1.29, 1.82) is 0 Å². The minimum atomic E-state index is -0.483. The average Bonchev–Trinajstić information content (AvgIpc) is 3.57. The summed E-state index contributed by atoms with van der Waals surface area (Å²) in [4.78, 5) is 28.0. The van der Waals surface area contributed by atoms with Gasteiger partial charge in [-0.05, 0) is 92.5 Å². The Bertz CT molecular complexity index is 1330. The lowest BCUT2D eigenvalue weighted by Crippen LogP contribution is -2.57. The van der Waals surface area contributed by atoms with Crippen molar-refractivity contribution in [3.8, 4) is 0 Å². The number of carbonyl (C=O) groups excluding carboxylic acids is 1. The number of halogens is 2. The number of hydrogen-bond donors (Lipinski definition) is 2. The topological polar surface area (TPSA) is 104 Å². The Morgan fingerprint density at radius 1 is 1.02 bits per heavy atom. The van der Waals surface area contributed by atoms with E-state index in [1.54, 1.807) is 12.4 Å². The van der Waals surface area contributed by atoms with Crippen molar-refractivity contribution in [1.82, 2.24) is 25.1 Å². The Balaban J connectivity index is 1.29. The number of nitrogens with one attached hydrogen (secondary N) is 1. The first-order valence-electron chi connectivity index (χ1n) is 16.4. The van der Waals surface area contributed by atoms with Crippen LogP contribution >= 0.6 is 11.6 Å². The molecule has 3 heterocycles. The van der Waals surface area contributed by atoms with Crippen LogP contribution in [0.2, 0.25) is 5.02 Å². The van der Waals surface area contributed by atoms with Crippen LogP contribution in [0.4, 0.5) is 10.2 Å². The Kier molecular flexibility index (Phi) is 9.81. The van der Waals surface area contributed by atoms with E-state index >= 15 is 0 Å². The van der Waals surface area contributed by atoms with E-state index in [4.69, 9.17) is 17.3 Å². The summed E-state index contributed by atoms with van der Waals surface area (Å²) in [6, 6.07) is 10.7. The lowest BCUT2D eigenvalue weighted by molar-refractivity contribution is -0.136. The van der Waals surface area contributed by atoms with Crippen LogP contribution < -0.4 is 10.6 Å². The van der Waals surface area contributed by atoms with Crippen molar-refractivity contribution in [2.45, 2.75) is 102 Å². The van der Waals surface area contributed by atoms with Gasteiger partial charge in [0.2, 0.25) is 5.91 Å². The first-order valence-corrected chi connectivity index (χ1v) is 16.8. The molecular weight excluding hydrogens is 577 g/mol. The molecule has 2 aliphatic carbocycles. The molecule has 2 aromatic heterocycles. The van der Waals surface area contributed by atoms with Gasteiger partial charge in [0.15, 0.2) is 5.82 Å². The second-order valence-electron chi connectivity index (χ2n) is 13.3. The molecule has 8 nitrogen and oxygen atoms in total. The summed E-state index contributed by atoms with van der Waals surface area (Å²) >= 11 is 6.23. The molecule has 3 N–H and O–H groups in total. The third kappa shape index (κ3) is 7.09. The number of aromatic nitrogens is 4. The van der Waals surface area contributed by atoms with Crippen molar-refractivity contribution in [3.05, 3.63) is 71.2 Å². The summed E-state index contributed by atoms with van der Waals surface area (Å²) < 4.78 is 14.0. The van der Waals surface area contributed by atoms with Crippen LogP contribution in [-0.4, -0.2) is 62.2 Å². The molecule has 2 saturated carbocycles. The van der Waals surface area contributed by atoms with E-state index < -0.39 is 6.04 Å². The van der Waals surface area contributed by atoms with Crippen LogP contribution in [0.5, 0.6) is 0 Å². The Hall–Kier alpha value is -3.04. The number of benzene rings is 1. The molecule has 3 aromatic rings. The quantitative estimate of drug-likeness (QED) is 0.299. The van der Waals surface area contributed by atoms with E-state index in [-0.39, 0.29) is 29.2 Å². The number of rotatable bonds is 9. The Labute approximate surface area is 265 Å². The molecule has 3 aliphatic rings. The molecule has 6 rings (SSSR count). The molecule has 1 aliphatic heterocycles. The second-order valence-corrected chi connectivity index (χ2v) is 13.7. The number of pyridine rings is 1. The fraction of sp³-hybridized carbons (Fsp3) is 0.588. The molecule has 1 saturated heterocycles. The maximum Gasteiger partial charge on any atom is 0.245 e. The fourth-order valence-corrected chi connectivity index (χ4v) is 8.24. The van der Waals surface area contributed by atoms with E-state index in [2.05, 4.69) is 30.0 Å². The van der Waals surface area contributed by atoms with Crippen LogP contribution in [0.3, 0.4) is 0 Å². The molecular formula is C34H45ClFN7O. The summed E-state index contributed by atoms with van der Waals surface area (Å²) in [5.74, 6) is 1.86. The van der Waals surface area contributed by atoms with Crippen molar-refractivity contribution in [3.63, 3.8) is 0 Å². The molecule has 1 atom stereocenters. The van der Waals surface area contributed by atoms with Gasteiger partial charge in [-0.1, -0.05) is 43.0 Å². The minimum absolute atomic E-state index is 0.0888. The lowest BCUT2D eigenvalue weighted by Gasteiger charge is -2.49. The number of nitrogens with two attached hydrogens (primary N) is 1. The normalized spacial score (nSPS) is 23.3. The number of H-pyrrole nitrogens is 1. The van der Waals surface area contributed by atoms with Crippen molar-refractivity contribution in [2.75, 3.05) is 18.0 Å². The smallest absolute Gasteiger partial charge is 0.245 e. The average molecular weight is 622 g/mol. The highest BCUT2D eigenvalue weighted by molar-refractivity contribution is 6.30. The third-order valence-corrected chi connectivity index (χ3v) is 10.8. The third-order valence-electron chi connectivity index (χ3n) is 10.6. The molecule has 0 spiro atoms. The predicted octanol–water partition coefficient (Wildman–Crippen LogP) is 6.11. The second kappa shape index (κ2) is 13.9. The van der Waals surface area contributed by atoms with Crippen molar-refractivity contribution < 1.29 is 9.18 Å². The van der Waals surface area contributed by atoms with Gasteiger partial charge in [0, 0.05) is 43.0 Å². The molecule has 10 heteroatoms. The Morgan fingerprint density at radius 2 is 1.75 bits per heavy atom. The van der Waals surface area contributed by atoms with Gasteiger partial charge in [-0.3, -0.25) is 9.89 Å². The standard InChI is InChI=1S/C34H45ClFN7O/c35-26-8-6-24(7-9-26)20-30(43(29-13-11-28(37)12-14-29)32-15-10-27(36)22-38-32)33(44)42-18-16-34(17-19-42,21-31-39-23-40-41-31)25-4-2-1-3-5-25/h6-10,15,22-23,25,28-30H,1-5,11-14,16-21,37H2,(H,39,40,41)/t28?,29?,30-/m1/s1. The molecule has 1 amide bonds. The maximum atomic E-state index is 14.8. The Morgan fingerprint density at radius 3 is 2.39 bits per heavy atom. The zero-order valence-corrected chi connectivity index (χ0v) is 26.3. The van der Waals surface area contributed by atoms with Crippen LogP contribution in [0.15, 0.2) is 48.9 Å². The summed E-state index contributed by atoms with van der Waals surface area (Å²) in [5.41, 5.74) is 7.43. The zero-order chi connectivity index (χ0) is 30.5. The van der Waals surface area contributed by atoms with Gasteiger partial charge in [-0.15, -0.1) is 0 Å². The minimum Gasteiger partial charge on any atom is -0.341 e. The van der Waals surface area contributed by atoms with Crippen LogP contribution in [0.1, 0.15) is 82.0 Å². The number of carbonyl (C=O) groups is 1. The zero-order valence-electron chi connectivity index (χ0n) is 25.5. The number of hydrogen-bond acceptors (Lipinski definition) is 6. The molecule has 0 bridgehead atoms. The number of likely N-dealkylation sites (tertiary alicyclic amines) is 1. The number of piperidine rings is 1. The van der Waals surface area contributed by atoms with E-state index in [0.717, 1.165) is 56.3 Å². The molecule has 3 fully saturated rings. The summed E-state index contributed by atoms with van der Waals surface area (Å²) in [7, 11) is 0. The number of nitrogens with zero attached hydrogens (tertiary/aromatic N) is 5. The van der Waals surface area contributed by atoms with Crippen LogP contribution in [0.25, 0.3) is 0 Å². The van der Waals surface area contributed by atoms with Crippen molar-refractivity contribution in [2.24, 2.45) is 17.1 Å². The highest BCUT2D eigenvalue weighted by atomic mass is 35.5. The maximum absolute atomic E-state index is 14.8. The summed E-state index contributed by atoms with van der Waals surface area (Å²) in [5, 5.41) is 7.99. The predicted molar refractivity (Wildman–Crippen MR) is 171 cm³/mol. The van der Waals surface area contributed by atoms with Gasteiger partial charge in [-0.25, -0.2) is 14.4 Å². The largest absolute Gasteiger partial charge is 0.341 e. The number of anilines is 1. The van der Waals surface area contributed by atoms with Gasteiger partial charge in [-0.2, -0.15) is 5.10 Å². The van der Waals surface area contributed by atoms with Gasteiger partial charge in [0.05, 0.1) is 6.20 Å². The van der Waals surface area contributed by atoms with Gasteiger partial charge in [0.25, 0.3) is 0 Å². The van der Waals surface area contributed by atoms with Crippen molar-refractivity contribution >= 4 is 23.3 Å². The molecule has 1 aromatic carbocycles. The monoisotopic (exact) mass is 621 g/mol. The van der Waals surface area contributed by atoms with Gasteiger partial charge in [0.1, 0.15) is 24.0 Å². The van der Waals surface area contributed by atoms with E-state index in [1.165, 1.54) is 44.4 Å². The molecule has 0 radical (unpaired) electrons. The number of aromatic amines is 1. The highest BCUT2D eigenvalue weighted by Gasteiger charge is 2.45. The molecule has 236 valence electrons. The van der Waals surface area contributed by atoms with E-state index in [0.29, 0.717) is 36.3 Å². The van der Waals surface area contributed by atoms with E-state index in [9.17, 15) is 9.18 Å². The fourth-order valence-electron chi connectivity index (χ4n) is 8.11. The van der Waals surface area contributed by atoms with Gasteiger partial charge < -0.3 is 15.5 Å². The van der Waals surface area contributed by atoms with Crippen LogP contribution in [0, 0.1) is 17.2 Å². The summed E-state index contributed by atoms with van der Waals surface area (Å²) in [6.45, 7) is 1.41. The SMILES string of the molecule is NC1CCC(N(c2ccc(F)cn2)[C@H](Cc2ccc(Cl)cc2)C(=O)N2CCC(Cc3nc[nH]n3)(C3CCCCC3)CC2)CC1. The van der Waals surface area contributed by atoms with E-state index in [1.807, 2.05) is 24.3 Å². The lowest BCUT2D eigenvalue weighted by atomic mass is 9.62.